The van der Waals surface area contributed by atoms with Crippen LogP contribution in [0.2, 0.25) is 0 Å². The Bertz CT molecular complexity index is 1110. The molecule has 0 amide bonds. The summed E-state index contributed by atoms with van der Waals surface area (Å²) in [4.78, 5) is 27.4. The Balaban J connectivity index is 1.85. The van der Waals surface area contributed by atoms with Crippen LogP contribution < -0.4 is 9.47 Å². The van der Waals surface area contributed by atoms with Gasteiger partial charge in [-0.25, -0.2) is 4.79 Å². The lowest BCUT2D eigenvalue weighted by atomic mass is 10.2. The molecule has 0 aliphatic carbocycles. The molecular weight excluding hydrogens is 516 g/mol. The molecule has 3 aromatic rings. The molecule has 0 heterocycles. The maximum absolute atomic E-state index is 12.2. The number of esters is 1. The van der Waals surface area contributed by atoms with Crippen LogP contribution >= 0.6 is 15.9 Å². The largest absolute Gasteiger partial charge is 0.514 e. The first kappa shape index (κ1) is 25.8. The molecule has 0 bridgehead atoms. The molecule has 0 aliphatic heterocycles. The fourth-order valence-electron chi connectivity index (χ4n) is 2.85. The van der Waals surface area contributed by atoms with Gasteiger partial charge < -0.3 is 14.2 Å². The number of ether oxygens (including phenoxy) is 3. The zero-order chi connectivity index (χ0) is 24.9. The summed E-state index contributed by atoms with van der Waals surface area (Å²) in [5.74, 6) is 0.538. The molecule has 1 unspecified atom stereocenters. The molecular formula is C27H28BrO5S+. The van der Waals surface area contributed by atoms with Crippen molar-refractivity contribution in [2.45, 2.75) is 59.2 Å². The molecule has 34 heavy (non-hydrogen) atoms. The maximum atomic E-state index is 12.2. The van der Waals surface area contributed by atoms with Crippen LogP contribution in [-0.4, -0.2) is 22.0 Å². The van der Waals surface area contributed by atoms with Gasteiger partial charge in [0.15, 0.2) is 14.7 Å². The zero-order valence-electron chi connectivity index (χ0n) is 19.8. The standard InChI is InChI=1S/C27H28BrO5S/c1-26(2,3)33-25(30)32-20-13-17-23(18-14-20)34(21-9-7-6-8-10-21)22-15-11-19(12-16-22)31-24(29)27(4,5)28/h6-18H,1-5H3/q+1. The zero-order valence-corrected chi connectivity index (χ0v) is 22.2. The molecule has 0 saturated heterocycles. The van der Waals surface area contributed by atoms with E-state index in [0.717, 1.165) is 14.7 Å². The molecule has 0 spiro atoms. The van der Waals surface area contributed by atoms with Crippen molar-refractivity contribution in [2.24, 2.45) is 0 Å². The minimum absolute atomic E-state index is 0.358. The highest BCUT2D eigenvalue weighted by Gasteiger charge is 2.30. The number of hydrogen-bond donors (Lipinski definition) is 0. The van der Waals surface area contributed by atoms with Gasteiger partial charge in [-0.05, 0) is 95.3 Å². The SMILES string of the molecule is CC(C)(C)OC(=O)Oc1ccc([S+](c2ccccc2)c2ccc(OC(=O)C(C)(C)Br)cc2)cc1. The Hall–Kier alpha value is -2.77. The summed E-state index contributed by atoms with van der Waals surface area (Å²) in [5.41, 5.74) is -0.623. The molecule has 0 radical (unpaired) electrons. The van der Waals surface area contributed by atoms with Gasteiger partial charge in [0.1, 0.15) is 21.4 Å². The third-order valence-corrected chi connectivity index (χ3v) is 6.94. The Kier molecular flexibility index (Phi) is 8.10. The van der Waals surface area contributed by atoms with Crippen molar-refractivity contribution in [3.8, 4) is 11.5 Å². The molecule has 178 valence electrons. The number of alkyl halides is 1. The van der Waals surface area contributed by atoms with Crippen molar-refractivity contribution in [1.82, 2.24) is 0 Å². The van der Waals surface area contributed by atoms with E-state index in [4.69, 9.17) is 14.2 Å². The summed E-state index contributed by atoms with van der Waals surface area (Å²) in [6, 6.07) is 25.1. The van der Waals surface area contributed by atoms with E-state index >= 15 is 0 Å². The van der Waals surface area contributed by atoms with Gasteiger partial charge in [-0.15, -0.1) is 0 Å². The lowest BCUT2D eigenvalue weighted by Gasteiger charge is -2.18. The Morgan fingerprint density at radius 3 is 1.56 bits per heavy atom. The van der Waals surface area contributed by atoms with E-state index in [1.165, 1.54) is 0 Å². The molecule has 0 fully saturated rings. The van der Waals surface area contributed by atoms with Gasteiger partial charge in [0, 0.05) is 0 Å². The number of carbonyl (C=O) groups is 2. The highest BCUT2D eigenvalue weighted by Crippen LogP contribution is 2.33. The van der Waals surface area contributed by atoms with Crippen molar-refractivity contribution in [2.75, 3.05) is 0 Å². The van der Waals surface area contributed by atoms with Crippen molar-refractivity contribution < 1.29 is 23.8 Å². The summed E-state index contributed by atoms with van der Waals surface area (Å²) in [7, 11) is -0.411. The van der Waals surface area contributed by atoms with Crippen LogP contribution in [0.3, 0.4) is 0 Å². The first-order valence-electron chi connectivity index (χ1n) is 10.7. The summed E-state index contributed by atoms with van der Waals surface area (Å²) in [6.07, 6.45) is -0.737. The Labute approximate surface area is 211 Å². The molecule has 0 aromatic heterocycles. The number of benzene rings is 3. The van der Waals surface area contributed by atoms with E-state index in [9.17, 15) is 9.59 Å². The second kappa shape index (κ2) is 10.7. The minimum atomic E-state index is -0.761. The van der Waals surface area contributed by atoms with Crippen molar-refractivity contribution in [1.29, 1.82) is 0 Å². The molecule has 3 rings (SSSR count). The van der Waals surface area contributed by atoms with E-state index in [1.807, 2.05) is 42.5 Å². The van der Waals surface area contributed by atoms with Gasteiger partial charge in [-0.1, -0.05) is 34.1 Å². The minimum Gasteiger partial charge on any atom is -0.428 e. The smallest absolute Gasteiger partial charge is 0.428 e. The van der Waals surface area contributed by atoms with Crippen LogP contribution in [0.25, 0.3) is 0 Å². The van der Waals surface area contributed by atoms with Crippen molar-refractivity contribution in [3.63, 3.8) is 0 Å². The molecule has 1 atom stereocenters. The predicted molar refractivity (Wildman–Crippen MR) is 137 cm³/mol. The summed E-state index contributed by atoms with van der Waals surface area (Å²) in [6.45, 7) is 8.85. The summed E-state index contributed by atoms with van der Waals surface area (Å²) in [5, 5.41) is 0. The summed E-state index contributed by atoms with van der Waals surface area (Å²) >= 11 is 3.32. The lowest BCUT2D eigenvalue weighted by Crippen LogP contribution is -2.29. The van der Waals surface area contributed by atoms with Gasteiger partial charge in [-0.2, -0.15) is 0 Å². The monoisotopic (exact) mass is 543 g/mol. The van der Waals surface area contributed by atoms with Crippen LogP contribution in [-0.2, 0) is 20.4 Å². The van der Waals surface area contributed by atoms with Crippen LogP contribution in [0.4, 0.5) is 4.79 Å². The second-order valence-electron chi connectivity index (χ2n) is 8.99. The molecule has 7 heteroatoms. The number of halogens is 1. The van der Waals surface area contributed by atoms with Crippen LogP contribution in [0.15, 0.2) is 93.5 Å². The second-order valence-corrected chi connectivity index (χ2v) is 13.0. The molecule has 0 saturated carbocycles. The first-order chi connectivity index (χ1) is 15.9. The third kappa shape index (κ3) is 7.37. The lowest BCUT2D eigenvalue weighted by molar-refractivity contribution is -0.136. The van der Waals surface area contributed by atoms with Crippen molar-refractivity contribution >= 4 is 38.9 Å². The fraction of sp³-hybridized carbons (Fsp3) is 0.259. The van der Waals surface area contributed by atoms with Gasteiger partial charge >= 0.3 is 12.1 Å². The quantitative estimate of drug-likeness (QED) is 0.108. The van der Waals surface area contributed by atoms with E-state index in [0.29, 0.717) is 11.5 Å². The molecule has 0 aliphatic rings. The Morgan fingerprint density at radius 1 is 0.676 bits per heavy atom. The van der Waals surface area contributed by atoms with Gasteiger partial charge in [0.05, 0.1) is 10.9 Å². The van der Waals surface area contributed by atoms with Crippen LogP contribution in [0.1, 0.15) is 34.6 Å². The fourth-order valence-corrected chi connectivity index (χ4v) is 4.99. The van der Waals surface area contributed by atoms with E-state index in [1.54, 1.807) is 58.9 Å². The first-order valence-corrected chi connectivity index (χ1v) is 12.8. The van der Waals surface area contributed by atoms with Gasteiger partial charge in [0.25, 0.3) is 0 Å². The molecule has 3 aromatic carbocycles. The Morgan fingerprint density at radius 2 is 1.12 bits per heavy atom. The summed E-state index contributed by atoms with van der Waals surface area (Å²) < 4.78 is 15.2. The third-order valence-electron chi connectivity index (χ3n) is 4.38. The number of carbonyl (C=O) groups excluding carboxylic acids is 2. The van der Waals surface area contributed by atoms with Crippen LogP contribution in [0.5, 0.6) is 11.5 Å². The molecule has 5 nitrogen and oxygen atoms in total. The average molecular weight is 544 g/mol. The maximum Gasteiger partial charge on any atom is 0.514 e. The average Bonchev–Trinajstić information content (AvgIpc) is 2.75. The predicted octanol–water partition coefficient (Wildman–Crippen LogP) is 7.17. The van der Waals surface area contributed by atoms with E-state index < -0.39 is 27.0 Å². The van der Waals surface area contributed by atoms with E-state index in [-0.39, 0.29) is 5.97 Å². The van der Waals surface area contributed by atoms with Crippen LogP contribution in [0, 0.1) is 0 Å². The highest BCUT2D eigenvalue weighted by atomic mass is 79.9. The molecule has 0 N–H and O–H groups in total. The number of hydrogen-bond acceptors (Lipinski definition) is 5. The van der Waals surface area contributed by atoms with Gasteiger partial charge in [-0.3, -0.25) is 4.79 Å². The topological polar surface area (TPSA) is 61.8 Å². The van der Waals surface area contributed by atoms with Gasteiger partial charge in [0.2, 0.25) is 0 Å². The normalized spacial score (nSPS) is 12.5. The van der Waals surface area contributed by atoms with E-state index in [2.05, 4.69) is 28.1 Å². The highest BCUT2D eigenvalue weighted by molar-refractivity contribution is 9.10. The number of rotatable bonds is 6. The van der Waals surface area contributed by atoms with Crippen molar-refractivity contribution in [3.05, 3.63) is 78.9 Å².